The van der Waals surface area contributed by atoms with Gasteiger partial charge >= 0.3 is 7.60 Å². The minimum Gasteiger partial charge on any atom is -0.303 e. The molecule has 0 aromatic heterocycles. The van der Waals surface area contributed by atoms with Gasteiger partial charge in [0.15, 0.2) is 0 Å². The number of hydrogen-bond donors (Lipinski definition) is 0. The Bertz CT molecular complexity index is 477. The van der Waals surface area contributed by atoms with Crippen molar-refractivity contribution in [2.45, 2.75) is 39.2 Å². The van der Waals surface area contributed by atoms with Crippen molar-refractivity contribution in [1.82, 2.24) is 4.90 Å². The van der Waals surface area contributed by atoms with Gasteiger partial charge in [0.1, 0.15) is 0 Å². The van der Waals surface area contributed by atoms with E-state index in [9.17, 15) is 14.2 Å². The van der Waals surface area contributed by atoms with E-state index in [4.69, 9.17) is 9.05 Å². The van der Waals surface area contributed by atoms with Crippen LogP contribution in [0.25, 0.3) is 0 Å². The van der Waals surface area contributed by atoms with Gasteiger partial charge in [0.05, 0.1) is 19.6 Å². The molecular formula is C13H20NO5P. The van der Waals surface area contributed by atoms with Crippen LogP contribution in [0.2, 0.25) is 0 Å². The fraction of sp³-hybridized carbons (Fsp3) is 0.692. The second kappa shape index (κ2) is 5.80. The number of carbonyl (C=O) groups excluding carboxylic acids is 2. The maximum atomic E-state index is 12.3. The Morgan fingerprint density at radius 3 is 2.60 bits per heavy atom. The van der Waals surface area contributed by atoms with Crippen molar-refractivity contribution in [2.24, 2.45) is 5.92 Å². The first kappa shape index (κ1) is 15.4. The van der Waals surface area contributed by atoms with Crippen molar-refractivity contribution < 1.29 is 23.2 Å². The molecule has 0 aromatic rings. The molecule has 2 aliphatic heterocycles. The van der Waals surface area contributed by atoms with Gasteiger partial charge in [0.2, 0.25) is 11.8 Å². The molecule has 2 rings (SSSR count). The zero-order valence-electron chi connectivity index (χ0n) is 11.8. The molecule has 0 saturated carbocycles. The van der Waals surface area contributed by atoms with Crippen LogP contribution in [-0.4, -0.2) is 36.0 Å². The quantitative estimate of drug-likeness (QED) is 0.745. The van der Waals surface area contributed by atoms with Crippen molar-refractivity contribution in [2.75, 3.05) is 13.2 Å². The summed E-state index contributed by atoms with van der Waals surface area (Å²) in [5, 5.41) is 0.127. The molecule has 2 amide bonds. The maximum absolute atomic E-state index is 12.3. The summed E-state index contributed by atoms with van der Waals surface area (Å²) < 4.78 is 22.3. The van der Waals surface area contributed by atoms with E-state index >= 15 is 0 Å². The number of carbonyl (C=O) groups is 2. The average Bonchev–Trinajstić information content (AvgIpc) is 2.96. The van der Waals surface area contributed by atoms with E-state index in [1.54, 1.807) is 0 Å². The second-order valence-electron chi connectivity index (χ2n) is 5.41. The minimum atomic E-state index is -3.37. The monoisotopic (exact) mass is 301 g/mol. The molecule has 20 heavy (non-hydrogen) atoms. The number of hydrogen-bond acceptors (Lipinski definition) is 5. The van der Waals surface area contributed by atoms with Gasteiger partial charge in [-0.05, 0) is 12.3 Å². The Balaban J connectivity index is 2.05. The zero-order valence-corrected chi connectivity index (χ0v) is 12.7. The number of amides is 2. The van der Waals surface area contributed by atoms with Crippen LogP contribution >= 0.6 is 7.60 Å². The molecule has 112 valence electrons. The molecule has 1 atom stereocenters. The van der Waals surface area contributed by atoms with Gasteiger partial charge in [-0.25, -0.2) is 0 Å². The van der Waals surface area contributed by atoms with Crippen molar-refractivity contribution in [3.63, 3.8) is 0 Å². The number of imide groups is 1. The Labute approximate surface area is 118 Å². The van der Waals surface area contributed by atoms with Crippen LogP contribution in [-0.2, 0) is 23.2 Å². The van der Waals surface area contributed by atoms with Gasteiger partial charge < -0.3 is 9.05 Å². The van der Waals surface area contributed by atoms with E-state index in [0.717, 1.165) is 0 Å². The summed E-state index contributed by atoms with van der Waals surface area (Å²) in [6.45, 7) is 8.07. The predicted molar refractivity (Wildman–Crippen MR) is 73.0 cm³/mol. The molecule has 0 bridgehead atoms. The van der Waals surface area contributed by atoms with Crippen LogP contribution in [0.3, 0.4) is 0 Å². The molecule has 6 nitrogen and oxygen atoms in total. The molecule has 0 radical (unpaired) electrons. The highest BCUT2D eigenvalue weighted by molar-refractivity contribution is 7.58. The third-order valence-electron chi connectivity index (χ3n) is 3.64. The van der Waals surface area contributed by atoms with Crippen LogP contribution in [0.1, 0.15) is 33.1 Å². The normalized spacial score (nSPS) is 25.4. The van der Waals surface area contributed by atoms with Crippen molar-refractivity contribution in [1.29, 1.82) is 0 Å². The molecule has 2 aliphatic rings. The third-order valence-corrected chi connectivity index (χ3v) is 5.62. The van der Waals surface area contributed by atoms with Gasteiger partial charge in [-0.3, -0.25) is 19.1 Å². The maximum Gasteiger partial charge on any atom is 0.357 e. The number of nitrogens with zero attached hydrogens (tertiary/aromatic N) is 1. The topological polar surface area (TPSA) is 72.9 Å². The summed E-state index contributed by atoms with van der Waals surface area (Å²) in [4.78, 5) is 25.4. The fourth-order valence-corrected chi connectivity index (χ4v) is 3.95. The number of rotatable bonds is 4. The Morgan fingerprint density at radius 1 is 1.45 bits per heavy atom. The molecule has 0 N–H and O–H groups in total. The minimum absolute atomic E-state index is 0.0887. The molecule has 2 fully saturated rings. The van der Waals surface area contributed by atoms with Gasteiger partial charge in [-0.15, -0.1) is 0 Å². The van der Waals surface area contributed by atoms with Crippen LogP contribution in [0.4, 0.5) is 0 Å². The Kier molecular flexibility index (Phi) is 4.47. The predicted octanol–water partition coefficient (Wildman–Crippen LogP) is 2.30. The first-order valence-corrected chi connectivity index (χ1v) is 8.32. The van der Waals surface area contributed by atoms with E-state index in [0.29, 0.717) is 12.8 Å². The highest BCUT2D eigenvalue weighted by Crippen LogP contribution is 2.59. The molecular weight excluding hydrogens is 281 g/mol. The van der Waals surface area contributed by atoms with Gasteiger partial charge in [-0.2, -0.15) is 0 Å². The molecule has 7 heteroatoms. The van der Waals surface area contributed by atoms with Crippen molar-refractivity contribution in [3.05, 3.63) is 11.9 Å². The molecule has 2 heterocycles. The lowest BCUT2D eigenvalue weighted by molar-refractivity contribution is -0.144. The largest absolute Gasteiger partial charge is 0.357 e. The van der Waals surface area contributed by atoms with Crippen molar-refractivity contribution >= 4 is 19.4 Å². The molecule has 0 aliphatic carbocycles. The molecule has 0 aromatic carbocycles. The van der Waals surface area contributed by atoms with E-state index in [-0.39, 0.29) is 48.7 Å². The van der Waals surface area contributed by atoms with E-state index < -0.39 is 7.60 Å². The van der Waals surface area contributed by atoms with Crippen molar-refractivity contribution in [3.8, 4) is 0 Å². The average molecular weight is 301 g/mol. The van der Waals surface area contributed by atoms with E-state index in [1.807, 2.05) is 13.8 Å². The first-order chi connectivity index (χ1) is 9.35. The summed E-state index contributed by atoms with van der Waals surface area (Å²) >= 11 is 0. The lowest BCUT2D eigenvalue weighted by Crippen LogP contribution is -2.41. The molecule has 2 saturated heterocycles. The van der Waals surface area contributed by atoms with Gasteiger partial charge in [0, 0.05) is 17.8 Å². The molecule has 0 unspecified atom stereocenters. The van der Waals surface area contributed by atoms with Crippen LogP contribution in [0.5, 0.6) is 0 Å². The Morgan fingerprint density at radius 2 is 2.05 bits per heavy atom. The van der Waals surface area contributed by atoms with Gasteiger partial charge in [-0.1, -0.05) is 20.4 Å². The smallest absolute Gasteiger partial charge is 0.303 e. The summed E-state index contributed by atoms with van der Waals surface area (Å²) in [5.41, 5.74) is 0. The SMILES string of the molecule is C=C(CC(=O)N1C(=O)CC[C@@H]1C(C)C)P1(=O)OCCO1. The third kappa shape index (κ3) is 2.87. The lowest BCUT2D eigenvalue weighted by Gasteiger charge is -2.26. The van der Waals surface area contributed by atoms with Gasteiger partial charge in [0.25, 0.3) is 0 Å². The fourth-order valence-electron chi connectivity index (χ4n) is 2.55. The lowest BCUT2D eigenvalue weighted by atomic mass is 10.0. The first-order valence-electron chi connectivity index (χ1n) is 6.77. The van der Waals surface area contributed by atoms with Crippen LogP contribution in [0, 0.1) is 5.92 Å². The highest BCUT2D eigenvalue weighted by atomic mass is 31.2. The summed E-state index contributed by atoms with van der Waals surface area (Å²) in [6.07, 6.45) is 0.886. The summed E-state index contributed by atoms with van der Waals surface area (Å²) in [5.74, 6) is -0.341. The summed E-state index contributed by atoms with van der Waals surface area (Å²) in [6, 6.07) is -0.0887. The van der Waals surface area contributed by atoms with E-state index in [1.165, 1.54) is 4.90 Å². The zero-order chi connectivity index (χ0) is 14.9. The highest BCUT2D eigenvalue weighted by Gasteiger charge is 2.40. The molecule has 0 spiro atoms. The number of likely N-dealkylation sites (tertiary alicyclic amines) is 1. The van der Waals surface area contributed by atoms with E-state index in [2.05, 4.69) is 6.58 Å². The van der Waals surface area contributed by atoms with Crippen LogP contribution in [0.15, 0.2) is 11.9 Å². The standard InChI is InChI=1S/C13H20NO5P/c1-9(2)11-4-5-12(15)14(11)13(16)8-10(3)20(17)18-6-7-19-20/h9,11H,3-8H2,1-2H3/t11-/m1/s1. The summed E-state index contributed by atoms with van der Waals surface area (Å²) in [7, 11) is -3.37. The van der Waals surface area contributed by atoms with Crippen LogP contribution < -0.4 is 0 Å². The Hall–Kier alpha value is -0.970. The second-order valence-corrected chi connectivity index (χ2v) is 7.56.